The number of sulfonamides is 1. The molecule has 0 atom stereocenters. The molecule has 0 amide bonds. The molecule has 6 nitrogen and oxygen atoms in total. The van der Waals surface area contributed by atoms with E-state index in [0.717, 1.165) is 24.4 Å². The van der Waals surface area contributed by atoms with Crippen molar-refractivity contribution in [3.05, 3.63) is 16.5 Å². The molecule has 0 spiro atoms. The van der Waals surface area contributed by atoms with Crippen molar-refractivity contribution in [1.82, 2.24) is 15.4 Å². The van der Waals surface area contributed by atoms with E-state index in [2.05, 4.69) is 34.2 Å². The lowest BCUT2D eigenvalue weighted by Gasteiger charge is -2.12. The van der Waals surface area contributed by atoms with Crippen molar-refractivity contribution >= 4 is 62.9 Å². The molecule has 10 heteroatoms. The summed E-state index contributed by atoms with van der Waals surface area (Å²) in [6, 6.07) is 3.07. The van der Waals surface area contributed by atoms with Gasteiger partial charge in [0.15, 0.2) is 5.96 Å². The molecular formula is C13H24ClIN4O2S2. The minimum atomic E-state index is -3.49. The van der Waals surface area contributed by atoms with Crippen molar-refractivity contribution in [2.24, 2.45) is 10.9 Å². The quantitative estimate of drug-likeness (QED) is 0.224. The molecule has 0 saturated carbocycles. The van der Waals surface area contributed by atoms with Crippen molar-refractivity contribution in [3.8, 4) is 0 Å². The maximum Gasteiger partial charge on any atom is 0.250 e. The first-order valence-electron chi connectivity index (χ1n) is 7.12. The number of nitrogens with one attached hydrogen (secondary N) is 3. The average Bonchev–Trinajstić information content (AvgIpc) is 2.88. The van der Waals surface area contributed by atoms with Gasteiger partial charge in [0, 0.05) is 26.2 Å². The third kappa shape index (κ3) is 9.08. The summed E-state index contributed by atoms with van der Waals surface area (Å²) >= 11 is 6.79. The van der Waals surface area contributed by atoms with Gasteiger partial charge in [0.05, 0.1) is 4.34 Å². The normalized spacial score (nSPS) is 12.1. The Labute approximate surface area is 164 Å². The van der Waals surface area contributed by atoms with Gasteiger partial charge in [-0.2, -0.15) is 0 Å². The summed E-state index contributed by atoms with van der Waals surface area (Å²) in [6.07, 6.45) is 0. The van der Waals surface area contributed by atoms with Gasteiger partial charge in [-0.3, -0.25) is 4.99 Å². The lowest BCUT2D eigenvalue weighted by atomic mass is 10.2. The Morgan fingerprint density at radius 2 is 2.00 bits per heavy atom. The van der Waals surface area contributed by atoms with E-state index in [1.54, 1.807) is 6.07 Å². The summed E-state index contributed by atoms with van der Waals surface area (Å²) < 4.78 is 27.2. The van der Waals surface area contributed by atoms with Crippen LogP contribution in [0.1, 0.15) is 20.8 Å². The second-order valence-electron chi connectivity index (χ2n) is 5.00. The zero-order valence-electron chi connectivity index (χ0n) is 13.4. The second kappa shape index (κ2) is 11.5. The number of nitrogens with zero attached hydrogens (tertiary/aromatic N) is 1. The zero-order valence-corrected chi connectivity index (χ0v) is 18.1. The highest BCUT2D eigenvalue weighted by molar-refractivity contribution is 14.0. The molecule has 1 rings (SSSR count). The molecule has 0 aromatic carbocycles. The fourth-order valence-corrected chi connectivity index (χ4v) is 4.05. The number of hydrogen-bond donors (Lipinski definition) is 3. The molecule has 23 heavy (non-hydrogen) atoms. The van der Waals surface area contributed by atoms with Gasteiger partial charge in [-0.15, -0.1) is 35.3 Å². The summed E-state index contributed by atoms with van der Waals surface area (Å²) in [5, 5.41) is 6.21. The number of guanidine groups is 1. The monoisotopic (exact) mass is 494 g/mol. The first-order chi connectivity index (χ1) is 10.3. The van der Waals surface area contributed by atoms with Crippen LogP contribution < -0.4 is 15.4 Å². The second-order valence-corrected chi connectivity index (χ2v) is 8.71. The molecule has 0 saturated heterocycles. The van der Waals surface area contributed by atoms with Gasteiger partial charge in [-0.25, -0.2) is 13.1 Å². The first kappa shape index (κ1) is 22.9. The fourth-order valence-electron chi connectivity index (χ4n) is 1.50. The van der Waals surface area contributed by atoms with Gasteiger partial charge < -0.3 is 10.6 Å². The van der Waals surface area contributed by atoms with Crippen molar-refractivity contribution in [1.29, 1.82) is 0 Å². The average molecular weight is 495 g/mol. The Kier molecular flexibility index (Phi) is 11.4. The van der Waals surface area contributed by atoms with Gasteiger partial charge in [0.25, 0.3) is 0 Å². The highest BCUT2D eigenvalue weighted by Crippen LogP contribution is 2.24. The summed E-state index contributed by atoms with van der Waals surface area (Å²) in [7, 11) is -3.49. The summed E-state index contributed by atoms with van der Waals surface area (Å²) in [5.41, 5.74) is 0. The standard InChI is InChI=1S/C13H23ClN4O2S2.HI/c1-4-15-13(17-9-10(2)3)16-7-8-18-22(19,20)12-6-5-11(14)21-12;/h5-6,10,18H,4,7-9H2,1-3H3,(H2,15,16,17);1H. The van der Waals surface area contributed by atoms with Crippen LogP contribution in [0.3, 0.4) is 0 Å². The molecule has 0 radical (unpaired) electrons. The number of aliphatic imine (C=N–C) groups is 1. The Hall–Kier alpha value is -0.1000. The van der Waals surface area contributed by atoms with E-state index in [1.807, 2.05) is 6.92 Å². The van der Waals surface area contributed by atoms with Crippen LogP contribution in [0.4, 0.5) is 0 Å². The molecule has 1 heterocycles. The van der Waals surface area contributed by atoms with Gasteiger partial charge in [0.2, 0.25) is 10.0 Å². The Morgan fingerprint density at radius 3 is 2.52 bits per heavy atom. The molecule has 0 aliphatic rings. The molecule has 0 unspecified atom stereocenters. The van der Waals surface area contributed by atoms with Crippen LogP contribution in [0.5, 0.6) is 0 Å². The summed E-state index contributed by atoms with van der Waals surface area (Å²) in [5.74, 6) is 1.16. The third-order valence-corrected chi connectivity index (χ3v) is 5.67. The highest BCUT2D eigenvalue weighted by atomic mass is 127. The Bertz CT molecular complexity index is 591. The number of thiophene rings is 1. The minimum absolute atomic E-state index is 0. The molecule has 1 aromatic heterocycles. The SMILES string of the molecule is CCNC(=NCC(C)C)NCCNS(=O)(=O)c1ccc(Cl)s1.I. The van der Waals surface area contributed by atoms with Crippen LogP contribution in [0.25, 0.3) is 0 Å². The van der Waals surface area contributed by atoms with Crippen LogP contribution in [-0.2, 0) is 10.0 Å². The van der Waals surface area contributed by atoms with E-state index in [-0.39, 0.29) is 34.7 Å². The van der Waals surface area contributed by atoms with Crippen molar-refractivity contribution < 1.29 is 8.42 Å². The largest absolute Gasteiger partial charge is 0.357 e. The molecule has 0 bridgehead atoms. The van der Waals surface area contributed by atoms with Crippen LogP contribution in [0.2, 0.25) is 4.34 Å². The van der Waals surface area contributed by atoms with Crippen molar-refractivity contribution in [3.63, 3.8) is 0 Å². The topological polar surface area (TPSA) is 82.6 Å². The summed E-state index contributed by atoms with van der Waals surface area (Å²) in [6.45, 7) is 8.35. The number of rotatable bonds is 8. The maximum absolute atomic E-state index is 12.0. The Balaban J connectivity index is 0.00000484. The predicted octanol–water partition coefficient (Wildman–Crippen LogP) is 2.51. The number of halogens is 2. The van der Waals surface area contributed by atoms with E-state index in [9.17, 15) is 8.42 Å². The van der Waals surface area contributed by atoms with E-state index in [0.29, 0.717) is 22.8 Å². The van der Waals surface area contributed by atoms with Crippen LogP contribution >= 0.6 is 46.9 Å². The molecular weight excluding hydrogens is 471 g/mol. The molecule has 0 aliphatic carbocycles. The van der Waals surface area contributed by atoms with Crippen LogP contribution in [-0.4, -0.2) is 40.6 Å². The molecule has 3 N–H and O–H groups in total. The van der Waals surface area contributed by atoms with Gasteiger partial charge in [0.1, 0.15) is 4.21 Å². The predicted molar refractivity (Wildman–Crippen MR) is 109 cm³/mol. The highest BCUT2D eigenvalue weighted by Gasteiger charge is 2.15. The van der Waals surface area contributed by atoms with E-state index in [1.165, 1.54) is 6.07 Å². The number of hydrogen-bond acceptors (Lipinski definition) is 4. The zero-order chi connectivity index (χ0) is 16.6. The molecule has 0 aliphatic heterocycles. The lowest BCUT2D eigenvalue weighted by Crippen LogP contribution is -2.41. The van der Waals surface area contributed by atoms with Crippen molar-refractivity contribution in [2.75, 3.05) is 26.2 Å². The van der Waals surface area contributed by atoms with E-state index < -0.39 is 10.0 Å². The third-order valence-electron chi connectivity index (χ3n) is 2.48. The first-order valence-corrected chi connectivity index (χ1v) is 9.80. The van der Waals surface area contributed by atoms with Crippen molar-refractivity contribution in [2.45, 2.75) is 25.0 Å². The lowest BCUT2D eigenvalue weighted by molar-refractivity contribution is 0.582. The molecule has 134 valence electrons. The maximum atomic E-state index is 12.0. The van der Waals surface area contributed by atoms with E-state index in [4.69, 9.17) is 11.6 Å². The van der Waals surface area contributed by atoms with E-state index >= 15 is 0 Å². The molecule has 0 fully saturated rings. The summed E-state index contributed by atoms with van der Waals surface area (Å²) in [4.78, 5) is 4.41. The van der Waals surface area contributed by atoms with Crippen LogP contribution in [0, 0.1) is 5.92 Å². The van der Waals surface area contributed by atoms with Gasteiger partial charge in [-0.1, -0.05) is 25.4 Å². The smallest absolute Gasteiger partial charge is 0.250 e. The fraction of sp³-hybridized carbons (Fsp3) is 0.615. The van der Waals surface area contributed by atoms with Crippen LogP contribution in [0.15, 0.2) is 21.3 Å². The minimum Gasteiger partial charge on any atom is -0.357 e. The van der Waals surface area contributed by atoms with Gasteiger partial charge in [-0.05, 0) is 25.0 Å². The van der Waals surface area contributed by atoms with Gasteiger partial charge >= 0.3 is 0 Å². The molecule has 1 aromatic rings. The Morgan fingerprint density at radius 1 is 1.30 bits per heavy atom.